The van der Waals surface area contributed by atoms with Gasteiger partial charge in [0.05, 0.1) is 24.4 Å². The first kappa shape index (κ1) is 22.6. The van der Waals surface area contributed by atoms with Crippen molar-refractivity contribution in [1.29, 1.82) is 5.26 Å². The third-order valence-electron chi connectivity index (χ3n) is 6.91. The largest absolute Gasteiger partial charge is 0.492 e. The van der Waals surface area contributed by atoms with Crippen molar-refractivity contribution in [2.45, 2.75) is 38.1 Å². The van der Waals surface area contributed by atoms with E-state index < -0.39 is 0 Å². The van der Waals surface area contributed by atoms with Crippen molar-refractivity contribution >= 4 is 0 Å². The summed E-state index contributed by atoms with van der Waals surface area (Å²) in [5, 5.41) is 21.1. The molecule has 7 nitrogen and oxygen atoms in total. The van der Waals surface area contributed by atoms with Gasteiger partial charge < -0.3 is 15.4 Å². The first-order chi connectivity index (χ1) is 16.8. The summed E-state index contributed by atoms with van der Waals surface area (Å²) < 4.78 is 8.15. The van der Waals surface area contributed by atoms with Crippen molar-refractivity contribution in [2.75, 3.05) is 32.8 Å². The van der Waals surface area contributed by atoms with E-state index in [4.69, 9.17) is 4.74 Å². The number of aromatic nitrogens is 3. The number of rotatable bonds is 7. The molecule has 2 N–H and O–H groups in total. The second-order valence-electron chi connectivity index (χ2n) is 9.35. The number of nitriles is 1. The molecular weight excluding hydrogens is 424 g/mol. The average Bonchev–Trinajstić information content (AvgIpc) is 3.37. The highest BCUT2D eigenvalue weighted by Crippen LogP contribution is 2.28. The van der Waals surface area contributed by atoms with Crippen LogP contribution in [0.2, 0.25) is 0 Å². The summed E-state index contributed by atoms with van der Waals surface area (Å²) in [6.45, 7) is 4.86. The Balaban J connectivity index is 1.27. The van der Waals surface area contributed by atoms with Gasteiger partial charge in [-0.15, -0.1) is 0 Å². The Hall–Kier alpha value is -3.21. The van der Waals surface area contributed by atoms with Gasteiger partial charge in [-0.25, -0.2) is 0 Å². The molecule has 5 rings (SSSR count). The number of hydrogen-bond donors (Lipinski definition) is 2. The molecule has 0 aliphatic carbocycles. The standard InChI is InChI=1S/C27H32N6O/c28-16-24-14-22(1-2-27(24)34-19-20-3-8-29-9-4-20)23-5-12-31-25(15-23)13-21-17-32-33(18-21)26-6-10-30-11-7-26/h1-2,5,12,14-15,17-18,20,26,29-30H,3-4,6-11,13,19H2. The molecule has 2 saturated heterocycles. The molecule has 3 aromatic rings. The molecule has 2 aliphatic heterocycles. The number of pyridine rings is 1. The zero-order valence-corrected chi connectivity index (χ0v) is 19.5. The van der Waals surface area contributed by atoms with Crippen LogP contribution in [-0.2, 0) is 6.42 Å². The molecule has 4 heterocycles. The van der Waals surface area contributed by atoms with Crippen molar-refractivity contribution in [3.63, 3.8) is 0 Å². The van der Waals surface area contributed by atoms with Gasteiger partial charge in [0.2, 0.25) is 0 Å². The van der Waals surface area contributed by atoms with Crippen LogP contribution < -0.4 is 15.4 Å². The van der Waals surface area contributed by atoms with E-state index in [0.717, 1.165) is 75.1 Å². The maximum absolute atomic E-state index is 9.72. The van der Waals surface area contributed by atoms with Crippen molar-refractivity contribution in [1.82, 2.24) is 25.4 Å². The Kier molecular flexibility index (Phi) is 7.18. The predicted octanol–water partition coefficient (Wildman–Crippen LogP) is 3.71. The van der Waals surface area contributed by atoms with Crippen molar-refractivity contribution in [3.8, 4) is 22.9 Å². The summed E-state index contributed by atoms with van der Waals surface area (Å²) in [5.41, 5.74) is 4.79. The lowest BCUT2D eigenvalue weighted by Gasteiger charge is -2.23. The fourth-order valence-corrected chi connectivity index (χ4v) is 4.88. The smallest absolute Gasteiger partial charge is 0.137 e. The fourth-order valence-electron chi connectivity index (χ4n) is 4.88. The van der Waals surface area contributed by atoms with E-state index >= 15 is 0 Å². The van der Waals surface area contributed by atoms with Gasteiger partial charge in [0.1, 0.15) is 11.8 Å². The second kappa shape index (κ2) is 10.8. The molecule has 0 atom stereocenters. The van der Waals surface area contributed by atoms with E-state index in [0.29, 0.717) is 29.9 Å². The van der Waals surface area contributed by atoms with Crippen LogP contribution >= 0.6 is 0 Å². The normalized spacial score (nSPS) is 17.4. The van der Waals surface area contributed by atoms with Gasteiger partial charge in [-0.1, -0.05) is 6.07 Å². The first-order valence-electron chi connectivity index (χ1n) is 12.4. The number of benzene rings is 1. The van der Waals surface area contributed by atoms with Gasteiger partial charge in [0.25, 0.3) is 0 Å². The highest BCUT2D eigenvalue weighted by molar-refractivity contribution is 5.67. The topological polar surface area (TPSA) is 87.8 Å². The Morgan fingerprint density at radius 3 is 2.56 bits per heavy atom. The van der Waals surface area contributed by atoms with Gasteiger partial charge in [0.15, 0.2) is 0 Å². The van der Waals surface area contributed by atoms with Crippen LogP contribution in [0.4, 0.5) is 0 Å². The van der Waals surface area contributed by atoms with Crippen molar-refractivity contribution < 1.29 is 4.74 Å². The molecule has 0 saturated carbocycles. The minimum atomic E-state index is 0.481. The number of piperidine rings is 2. The van der Waals surface area contributed by atoms with Crippen LogP contribution in [-0.4, -0.2) is 47.6 Å². The van der Waals surface area contributed by atoms with Crippen molar-refractivity contribution in [2.24, 2.45) is 5.92 Å². The van der Waals surface area contributed by atoms with Gasteiger partial charge >= 0.3 is 0 Å². The molecule has 0 amide bonds. The van der Waals surface area contributed by atoms with Gasteiger partial charge in [-0.2, -0.15) is 10.4 Å². The molecule has 1 aromatic carbocycles. The summed E-state index contributed by atoms with van der Waals surface area (Å²) in [5.74, 6) is 1.22. The number of ether oxygens (including phenoxy) is 1. The lowest BCUT2D eigenvalue weighted by atomic mass is 9.99. The first-order valence-corrected chi connectivity index (χ1v) is 12.4. The average molecular weight is 457 g/mol. The maximum Gasteiger partial charge on any atom is 0.137 e. The zero-order valence-electron chi connectivity index (χ0n) is 19.5. The summed E-state index contributed by atoms with van der Waals surface area (Å²) in [4.78, 5) is 4.58. The number of hydrogen-bond acceptors (Lipinski definition) is 6. The Morgan fingerprint density at radius 2 is 1.76 bits per heavy atom. The van der Waals surface area contributed by atoms with Crippen molar-refractivity contribution in [3.05, 3.63) is 65.7 Å². The Labute approximate surface area is 201 Å². The fraction of sp³-hybridized carbons (Fsp3) is 0.444. The Bertz CT molecular complexity index is 1140. The molecule has 176 valence electrons. The molecule has 0 bridgehead atoms. The molecule has 0 spiro atoms. The summed E-state index contributed by atoms with van der Waals surface area (Å²) in [6, 6.07) is 12.8. The number of nitrogens with zero attached hydrogens (tertiary/aromatic N) is 4. The molecule has 2 fully saturated rings. The third-order valence-corrected chi connectivity index (χ3v) is 6.91. The van der Waals surface area contributed by atoms with Gasteiger partial charge in [0, 0.05) is 24.5 Å². The molecule has 7 heteroatoms. The van der Waals surface area contributed by atoms with E-state index in [1.165, 1.54) is 5.56 Å². The Morgan fingerprint density at radius 1 is 1.00 bits per heavy atom. The van der Waals surface area contributed by atoms with Gasteiger partial charge in [-0.3, -0.25) is 9.67 Å². The molecule has 2 aromatic heterocycles. The highest BCUT2D eigenvalue weighted by atomic mass is 16.5. The second-order valence-corrected chi connectivity index (χ2v) is 9.35. The summed E-state index contributed by atoms with van der Waals surface area (Å²) in [6.07, 6.45) is 11.2. The lowest BCUT2D eigenvalue weighted by Crippen LogP contribution is -2.30. The van der Waals surface area contributed by atoms with E-state index in [1.807, 2.05) is 36.7 Å². The van der Waals surface area contributed by atoms with Crippen LogP contribution in [0.25, 0.3) is 11.1 Å². The predicted molar refractivity (Wildman–Crippen MR) is 132 cm³/mol. The van der Waals surface area contributed by atoms with Crippen LogP contribution in [0.5, 0.6) is 5.75 Å². The van der Waals surface area contributed by atoms with Crippen LogP contribution in [0, 0.1) is 17.2 Å². The van der Waals surface area contributed by atoms with Crippen LogP contribution in [0.1, 0.15) is 48.5 Å². The molecule has 2 aliphatic rings. The van der Waals surface area contributed by atoms with E-state index in [1.54, 1.807) is 0 Å². The zero-order chi connectivity index (χ0) is 23.2. The minimum Gasteiger partial charge on any atom is -0.492 e. The van der Waals surface area contributed by atoms with E-state index in [-0.39, 0.29) is 0 Å². The van der Waals surface area contributed by atoms with E-state index in [2.05, 4.69) is 43.7 Å². The van der Waals surface area contributed by atoms with Gasteiger partial charge in [-0.05, 0) is 98.7 Å². The monoisotopic (exact) mass is 456 g/mol. The maximum atomic E-state index is 9.72. The third kappa shape index (κ3) is 5.46. The molecule has 34 heavy (non-hydrogen) atoms. The van der Waals surface area contributed by atoms with Crippen LogP contribution in [0.3, 0.4) is 0 Å². The minimum absolute atomic E-state index is 0.481. The number of nitrogens with one attached hydrogen (secondary N) is 2. The van der Waals surface area contributed by atoms with Crippen LogP contribution in [0.15, 0.2) is 48.9 Å². The lowest BCUT2D eigenvalue weighted by molar-refractivity contribution is 0.215. The summed E-state index contributed by atoms with van der Waals surface area (Å²) >= 11 is 0. The van der Waals surface area contributed by atoms with E-state index in [9.17, 15) is 5.26 Å². The quantitative estimate of drug-likeness (QED) is 0.564. The molecule has 0 radical (unpaired) electrons. The molecular formula is C27H32N6O. The highest BCUT2D eigenvalue weighted by Gasteiger charge is 2.17. The SMILES string of the molecule is N#Cc1cc(-c2ccnc(Cc3cnn(C4CCNCC4)c3)c2)ccc1OCC1CCNCC1. The molecule has 0 unspecified atom stereocenters. The summed E-state index contributed by atoms with van der Waals surface area (Å²) in [7, 11) is 0.